The summed E-state index contributed by atoms with van der Waals surface area (Å²) in [5, 5.41) is 8.65. The van der Waals surface area contributed by atoms with Gasteiger partial charge in [-0.05, 0) is 11.6 Å². The zero-order valence-corrected chi connectivity index (χ0v) is 7.03. The average Bonchev–Trinajstić information content (AvgIpc) is 2.07. The van der Waals surface area contributed by atoms with Gasteiger partial charge in [-0.25, -0.2) is 0 Å². The molecule has 64 valence electrons. The van der Waals surface area contributed by atoms with Gasteiger partial charge in [0.25, 0.3) is 0 Å². The van der Waals surface area contributed by atoms with Crippen LogP contribution in [0.25, 0.3) is 6.08 Å². The molecule has 0 fully saturated rings. The van der Waals surface area contributed by atoms with E-state index in [2.05, 4.69) is 6.58 Å². The molecule has 1 rings (SSSR count). The van der Waals surface area contributed by atoms with Crippen molar-refractivity contribution < 1.29 is 5.21 Å². The van der Waals surface area contributed by atoms with Crippen LogP contribution < -0.4 is 0 Å². The summed E-state index contributed by atoms with van der Waals surface area (Å²) >= 11 is 5.75. The van der Waals surface area contributed by atoms with Crippen molar-refractivity contribution in [3.8, 4) is 0 Å². The second-order valence-corrected chi connectivity index (χ2v) is 2.21. The first-order valence-corrected chi connectivity index (χ1v) is 3.47. The van der Waals surface area contributed by atoms with Crippen molar-refractivity contribution in [2.75, 3.05) is 0 Å². The highest BCUT2D eigenvalue weighted by atomic mass is 35.5. The fourth-order valence-electron chi connectivity index (χ4n) is 0.641. The Kier molecular flexibility index (Phi) is 5.65. The van der Waals surface area contributed by atoms with Crippen LogP contribution in [0.4, 0.5) is 0 Å². The summed E-state index contributed by atoms with van der Waals surface area (Å²) < 4.78 is 0. The van der Waals surface area contributed by atoms with Gasteiger partial charge in [0.2, 0.25) is 0 Å². The summed E-state index contributed by atoms with van der Waals surface area (Å²) in [6, 6.07) is 7.60. The van der Waals surface area contributed by atoms with Gasteiger partial charge in [-0.1, -0.05) is 42.5 Å². The Morgan fingerprint density at radius 1 is 1.50 bits per heavy atom. The minimum Gasteiger partial charge on any atom is -0.379 e. The number of rotatable bonds is 1. The molecular formula is C8H8ClNO2. The average molecular weight is 186 g/mol. The quantitative estimate of drug-likeness (QED) is 0.540. The maximum Gasteiger partial charge on any atom is 0.152 e. The van der Waals surface area contributed by atoms with Crippen LogP contribution in [0, 0.1) is 4.91 Å². The largest absolute Gasteiger partial charge is 0.379 e. The van der Waals surface area contributed by atoms with Gasteiger partial charge in [-0.3, -0.25) is 0 Å². The maximum absolute atomic E-state index is 8.11. The summed E-state index contributed by atoms with van der Waals surface area (Å²) in [5.41, 5.74) is 0.985. The summed E-state index contributed by atoms with van der Waals surface area (Å²) in [7, 11) is 0. The van der Waals surface area contributed by atoms with Crippen molar-refractivity contribution in [3.05, 3.63) is 46.3 Å². The Hall–Kier alpha value is -1.35. The van der Waals surface area contributed by atoms with Crippen LogP contribution in [0.1, 0.15) is 5.56 Å². The van der Waals surface area contributed by atoms with E-state index in [1.807, 2.05) is 24.3 Å². The SMILES string of the molecule is C=Cc1ccccc1Cl.O=NO. The van der Waals surface area contributed by atoms with Crippen LogP contribution in [0.2, 0.25) is 5.02 Å². The molecule has 0 saturated heterocycles. The number of hydrogen-bond donors (Lipinski definition) is 1. The molecule has 0 heterocycles. The number of hydrogen-bond acceptors (Lipinski definition) is 2. The van der Waals surface area contributed by atoms with E-state index in [9.17, 15) is 0 Å². The molecule has 4 heteroatoms. The number of nitrogens with zero attached hydrogens (tertiary/aromatic N) is 1. The lowest BCUT2D eigenvalue weighted by molar-refractivity contribution is 0.312. The van der Waals surface area contributed by atoms with Gasteiger partial charge in [-0.15, -0.1) is 4.91 Å². The fourth-order valence-corrected chi connectivity index (χ4v) is 0.854. The van der Waals surface area contributed by atoms with Crippen molar-refractivity contribution in [2.24, 2.45) is 5.34 Å². The predicted octanol–water partition coefficient (Wildman–Crippen LogP) is 3.13. The first-order valence-electron chi connectivity index (χ1n) is 3.10. The standard InChI is InChI=1S/C8H7Cl.HNO2/c1-2-7-5-3-4-6-8(7)9;2-1-3/h2-6H,1H2;(H,2,3). The van der Waals surface area contributed by atoms with Crippen molar-refractivity contribution in [1.29, 1.82) is 0 Å². The predicted molar refractivity (Wildman–Crippen MR) is 49.1 cm³/mol. The molecule has 0 atom stereocenters. The first kappa shape index (κ1) is 10.7. The monoisotopic (exact) mass is 185 g/mol. The molecule has 1 aromatic carbocycles. The minimum atomic E-state index is 0.757. The van der Waals surface area contributed by atoms with Gasteiger partial charge >= 0.3 is 0 Å². The summed E-state index contributed by atoms with van der Waals surface area (Å²) in [6.07, 6.45) is 1.74. The van der Waals surface area contributed by atoms with Gasteiger partial charge in [-0.2, -0.15) is 0 Å². The van der Waals surface area contributed by atoms with E-state index < -0.39 is 0 Å². The highest BCUT2D eigenvalue weighted by Gasteiger charge is 1.89. The lowest BCUT2D eigenvalue weighted by atomic mass is 10.2. The molecule has 0 aromatic heterocycles. The Labute approximate surface area is 75.2 Å². The first-order chi connectivity index (χ1) is 5.76. The van der Waals surface area contributed by atoms with Crippen molar-refractivity contribution in [2.45, 2.75) is 0 Å². The Balaban J connectivity index is 0.000000354. The summed E-state index contributed by atoms with van der Waals surface area (Å²) in [4.78, 5) is 8.11. The Morgan fingerprint density at radius 2 is 2.00 bits per heavy atom. The maximum atomic E-state index is 8.11. The van der Waals surface area contributed by atoms with Crippen LogP contribution in [0.15, 0.2) is 36.2 Å². The van der Waals surface area contributed by atoms with Gasteiger partial charge in [0, 0.05) is 5.02 Å². The van der Waals surface area contributed by atoms with E-state index in [0.717, 1.165) is 10.6 Å². The molecule has 0 aliphatic heterocycles. The molecule has 0 aliphatic rings. The molecule has 0 radical (unpaired) electrons. The molecule has 0 spiro atoms. The summed E-state index contributed by atoms with van der Waals surface area (Å²) in [6.45, 7) is 3.61. The highest BCUT2D eigenvalue weighted by molar-refractivity contribution is 6.32. The molecule has 1 aromatic rings. The van der Waals surface area contributed by atoms with Gasteiger partial charge in [0.15, 0.2) is 5.34 Å². The van der Waals surface area contributed by atoms with E-state index in [1.165, 1.54) is 5.34 Å². The molecule has 0 bridgehead atoms. The van der Waals surface area contributed by atoms with E-state index in [-0.39, 0.29) is 0 Å². The second kappa shape index (κ2) is 6.37. The molecule has 0 saturated carbocycles. The Morgan fingerprint density at radius 3 is 2.33 bits per heavy atom. The second-order valence-electron chi connectivity index (χ2n) is 1.81. The molecular weight excluding hydrogens is 178 g/mol. The number of halogens is 1. The smallest absolute Gasteiger partial charge is 0.152 e. The lowest BCUT2D eigenvalue weighted by Gasteiger charge is -1.92. The van der Waals surface area contributed by atoms with Crippen LogP contribution in [0.3, 0.4) is 0 Å². The Bertz CT molecular complexity index is 263. The van der Waals surface area contributed by atoms with E-state index in [0.29, 0.717) is 0 Å². The van der Waals surface area contributed by atoms with E-state index in [4.69, 9.17) is 21.7 Å². The molecule has 1 N–H and O–H groups in total. The van der Waals surface area contributed by atoms with Crippen LogP contribution in [-0.2, 0) is 0 Å². The molecule has 12 heavy (non-hydrogen) atoms. The highest BCUT2D eigenvalue weighted by Crippen LogP contribution is 2.14. The molecule has 0 unspecified atom stereocenters. The van der Waals surface area contributed by atoms with E-state index in [1.54, 1.807) is 6.08 Å². The fraction of sp³-hybridized carbons (Fsp3) is 0. The van der Waals surface area contributed by atoms with Crippen LogP contribution >= 0.6 is 11.6 Å². The summed E-state index contributed by atoms with van der Waals surface area (Å²) in [5.74, 6) is 0. The number of benzene rings is 1. The molecule has 3 nitrogen and oxygen atoms in total. The van der Waals surface area contributed by atoms with Gasteiger partial charge in [0.05, 0.1) is 0 Å². The normalized spacial score (nSPS) is 7.75. The third-order valence-corrected chi connectivity index (χ3v) is 1.47. The van der Waals surface area contributed by atoms with Crippen molar-refractivity contribution in [3.63, 3.8) is 0 Å². The molecule has 0 aliphatic carbocycles. The zero-order valence-electron chi connectivity index (χ0n) is 6.27. The van der Waals surface area contributed by atoms with Crippen molar-refractivity contribution >= 4 is 17.7 Å². The van der Waals surface area contributed by atoms with Gasteiger partial charge < -0.3 is 5.21 Å². The topological polar surface area (TPSA) is 49.7 Å². The van der Waals surface area contributed by atoms with Gasteiger partial charge in [0.1, 0.15) is 0 Å². The van der Waals surface area contributed by atoms with Crippen LogP contribution in [-0.4, -0.2) is 5.21 Å². The van der Waals surface area contributed by atoms with E-state index >= 15 is 0 Å². The third kappa shape index (κ3) is 3.73. The minimum absolute atomic E-state index is 0.757. The van der Waals surface area contributed by atoms with Crippen LogP contribution in [0.5, 0.6) is 0 Å². The zero-order chi connectivity index (χ0) is 9.40. The lowest BCUT2D eigenvalue weighted by Crippen LogP contribution is -1.69. The van der Waals surface area contributed by atoms with Crippen molar-refractivity contribution in [1.82, 2.24) is 0 Å². The third-order valence-electron chi connectivity index (χ3n) is 1.13. The molecule has 0 amide bonds.